The zero-order chi connectivity index (χ0) is 11.9. The third-order valence-electron chi connectivity index (χ3n) is 2.21. The normalized spacial score (nSPS) is 11.8. The SMILES string of the molecule is CC(CNc1cnccn1)Oc1ccccc1. The molecule has 4 heteroatoms. The monoisotopic (exact) mass is 229 g/mol. The first-order valence-electron chi connectivity index (χ1n) is 5.56. The second-order valence-electron chi connectivity index (χ2n) is 3.71. The van der Waals surface area contributed by atoms with Gasteiger partial charge in [-0.2, -0.15) is 0 Å². The lowest BCUT2D eigenvalue weighted by Gasteiger charge is -2.15. The minimum Gasteiger partial charge on any atom is -0.489 e. The second-order valence-corrected chi connectivity index (χ2v) is 3.71. The van der Waals surface area contributed by atoms with Crippen LogP contribution in [0.5, 0.6) is 5.75 Å². The van der Waals surface area contributed by atoms with Gasteiger partial charge in [0.2, 0.25) is 0 Å². The van der Waals surface area contributed by atoms with Gasteiger partial charge in [0.05, 0.1) is 12.7 Å². The van der Waals surface area contributed by atoms with Gasteiger partial charge in [-0.15, -0.1) is 0 Å². The summed E-state index contributed by atoms with van der Waals surface area (Å²) in [6.45, 7) is 2.70. The minimum atomic E-state index is 0.0689. The fraction of sp³-hybridized carbons (Fsp3) is 0.231. The second kappa shape index (κ2) is 5.84. The lowest BCUT2D eigenvalue weighted by atomic mass is 10.3. The van der Waals surface area contributed by atoms with Crippen LogP contribution in [-0.2, 0) is 0 Å². The number of hydrogen-bond acceptors (Lipinski definition) is 4. The summed E-state index contributed by atoms with van der Waals surface area (Å²) < 4.78 is 5.73. The molecule has 88 valence electrons. The van der Waals surface area contributed by atoms with Crippen LogP contribution < -0.4 is 10.1 Å². The smallest absolute Gasteiger partial charge is 0.144 e. The highest BCUT2D eigenvalue weighted by Gasteiger charge is 2.03. The Hall–Kier alpha value is -2.10. The van der Waals surface area contributed by atoms with Crippen LogP contribution in [0.3, 0.4) is 0 Å². The number of para-hydroxylation sites is 1. The van der Waals surface area contributed by atoms with E-state index >= 15 is 0 Å². The highest BCUT2D eigenvalue weighted by Crippen LogP contribution is 2.10. The molecule has 0 saturated heterocycles. The van der Waals surface area contributed by atoms with Gasteiger partial charge in [0, 0.05) is 12.4 Å². The standard InChI is InChI=1S/C13H15N3O/c1-11(17-12-5-3-2-4-6-12)9-16-13-10-14-7-8-15-13/h2-8,10-11H,9H2,1H3,(H,15,16). The number of nitrogens with one attached hydrogen (secondary N) is 1. The van der Waals surface area contributed by atoms with Crippen molar-refractivity contribution in [1.82, 2.24) is 9.97 Å². The van der Waals surface area contributed by atoms with E-state index in [4.69, 9.17) is 4.74 Å². The molecule has 0 fully saturated rings. The lowest BCUT2D eigenvalue weighted by molar-refractivity contribution is 0.234. The van der Waals surface area contributed by atoms with Crippen molar-refractivity contribution >= 4 is 5.82 Å². The van der Waals surface area contributed by atoms with Crippen molar-refractivity contribution in [2.45, 2.75) is 13.0 Å². The van der Waals surface area contributed by atoms with E-state index in [9.17, 15) is 0 Å². The molecule has 0 aliphatic carbocycles. The van der Waals surface area contributed by atoms with Crippen LogP contribution in [0.25, 0.3) is 0 Å². The van der Waals surface area contributed by atoms with E-state index in [1.807, 2.05) is 37.3 Å². The molecular weight excluding hydrogens is 214 g/mol. The van der Waals surface area contributed by atoms with Crippen LogP contribution >= 0.6 is 0 Å². The first kappa shape index (κ1) is 11.4. The summed E-state index contributed by atoms with van der Waals surface area (Å²) in [5, 5.41) is 3.17. The Balaban J connectivity index is 1.80. The Labute approximate surface area is 101 Å². The van der Waals surface area contributed by atoms with Gasteiger partial charge in [0.25, 0.3) is 0 Å². The van der Waals surface area contributed by atoms with Crippen molar-refractivity contribution in [2.24, 2.45) is 0 Å². The minimum absolute atomic E-state index is 0.0689. The molecule has 1 heterocycles. The Morgan fingerprint density at radius 3 is 2.76 bits per heavy atom. The average molecular weight is 229 g/mol. The summed E-state index contributed by atoms with van der Waals surface area (Å²) in [5.74, 6) is 1.64. The van der Waals surface area contributed by atoms with Crippen molar-refractivity contribution in [2.75, 3.05) is 11.9 Å². The molecule has 2 aromatic rings. The van der Waals surface area contributed by atoms with Gasteiger partial charge in [-0.25, -0.2) is 4.98 Å². The van der Waals surface area contributed by atoms with Crippen LogP contribution in [0.4, 0.5) is 5.82 Å². The molecule has 0 saturated carbocycles. The first-order chi connectivity index (χ1) is 8.34. The number of aromatic nitrogens is 2. The molecule has 1 atom stereocenters. The summed E-state index contributed by atoms with van der Waals surface area (Å²) in [5.41, 5.74) is 0. The maximum Gasteiger partial charge on any atom is 0.144 e. The summed E-state index contributed by atoms with van der Waals surface area (Å²) in [6.07, 6.45) is 5.06. The van der Waals surface area contributed by atoms with Gasteiger partial charge >= 0.3 is 0 Å². The third kappa shape index (κ3) is 3.75. The summed E-state index contributed by atoms with van der Waals surface area (Å²) in [4.78, 5) is 8.11. The Morgan fingerprint density at radius 2 is 2.06 bits per heavy atom. The van der Waals surface area contributed by atoms with Crippen LogP contribution in [0, 0.1) is 0 Å². The van der Waals surface area contributed by atoms with Crippen molar-refractivity contribution in [3.8, 4) is 5.75 Å². The maximum absolute atomic E-state index is 5.73. The molecule has 2 rings (SSSR count). The molecule has 0 aliphatic rings. The molecule has 0 aliphatic heterocycles. The van der Waals surface area contributed by atoms with E-state index in [2.05, 4.69) is 15.3 Å². The zero-order valence-corrected chi connectivity index (χ0v) is 9.71. The molecule has 1 aromatic heterocycles. The lowest BCUT2D eigenvalue weighted by Crippen LogP contribution is -2.23. The highest BCUT2D eigenvalue weighted by molar-refractivity contribution is 5.30. The maximum atomic E-state index is 5.73. The van der Waals surface area contributed by atoms with Crippen LogP contribution in [0.15, 0.2) is 48.9 Å². The fourth-order valence-corrected chi connectivity index (χ4v) is 1.41. The van der Waals surface area contributed by atoms with Crippen molar-refractivity contribution < 1.29 is 4.74 Å². The molecule has 0 spiro atoms. The fourth-order valence-electron chi connectivity index (χ4n) is 1.41. The van der Waals surface area contributed by atoms with E-state index in [0.29, 0.717) is 6.54 Å². The van der Waals surface area contributed by atoms with Crippen LogP contribution in [0.1, 0.15) is 6.92 Å². The van der Waals surface area contributed by atoms with Gasteiger partial charge < -0.3 is 10.1 Å². The number of rotatable bonds is 5. The largest absolute Gasteiger partial charge is 0.489 e. The first-order valence-corrected chi connectivity index (χ1v) is 5.56. The Morgan fingerprint density at radius 1 is 1.24 bits per heavy atom. The molecule has 1 unspecified atom stereocenters. The van der Waals surface area contributed by atoms with Gasteiger partial charge in [0.1, 0.15) is 17.7 Å². The highest BCUT2D eigenvalue weighted by atomic mass is 16.5. The van der Waals surface area contributed by atoms with E-state index < -0.39 is 0 Å². The van der Waals surface area contributed by atoms with Gasteiger partial charge in [-0.05, 0) is 19.1 Å². The quantitative estimate of drug-likeness (QED) is 0.855. The van der Waals surface area contributed by atoms with Gasteiger partial charge in [-0.3, -0.25) is 4.98 Å². The van der Waals surface area contributed by atoms with Crippen molar-refractivity contribution in [1.29, 1.82) is 0 Å². The van der Waals surface area contributed by atoms with Crippen molar-refractivity contribution in [3.63, 3.8) is 0 Å². The van der Waals surface area contributed by atoms with Crippen molar-refractivity contribution in [3.05, 3.63) is 48.9 Å². The summed E-state index contributed by atoms with van der Waals surface area (Å²) in [6, 6.07) is 9.77. The molecule has 0 bridgehead atoms. The number of hydrogen-bond donors (Lipinski definition) is 1. The predicted molar refractivity (Wildman–Crippen MR) is 67.1 cm³/mol. The topological polar surface area (TPSA) is 47.0 Å². The summed E-state index contributed by atoms with van der Waals surface area (Å²) >= 11 is 0. The van der Waals surface area contributed by atoms with E-state index in [-0.39, 0.29) is 6.10 Å². The third-order valence-corrected chi connectivity index (χ3v) is 2.21. The van der Waals surface area contributed by atoms with Crippen LogP contribution in [-0.4, -0.2) is 22.6 Å². The van der Waals surface area contributed by atoms with Gasteiger partial charge in [0.15, 0.2) is 0 Å². The number of anilines is 1. The van der Waals surface area contributed by atoms with E-state index in [1.165, 1.54) is 0 Å². The molecular formula is C13H15N3O. The number of benzene rings is 1. The number of nitrogens with zero attached hydrogens (tertiary/aromatic N) is 2. The molecule has 4 nitrogen and oxygen atoms in total. The molecule has 0 radical (unpaired) electrons. The molecule has 0 amide bonds. The molecule has 1 N–H and O–H groups in total. The van der Waals surface area contributed by atoms with Crippen LogP contribution in [0.2, 0.25) is 0 Å². The molecule has 1 aromatic carbocycles. The number of ether oxygens (including phenoxy) is 1. The van der Waals surface area contributed by atoms with Gasteiger partial charge in [-0.1, -0.05) is 18.2 Å². The summed E-state index contributed by atoms with van der Waals surface area (Å²) in [7, 11) is 0. The predicted octanol–water partition coefficient (Wildman–Crippen LogP) is 2.36. The van der Waals surface area contributed by atoms with E-state index in [0.717, 1.165) is 11.6 Å². The Kier molecular flexibility index (Phi) is 3.91. The Bertz CT molecular complexity index is 433. The molecule has 17 heavy (non-hydrogen) atoms. The zero-order valence-electron chi connectivity index (χ0n) is 9.71. The average Bonchev–Trinajstić information content (AvgIpc) is 2.39. The van der Waals surface area contributed by atoms with E-state index in [1.54, 1.807) is 18.6 Å².